The predicted molar refractivity (Wildman–Crippen MR) is 267 cm³/mol. The summed E-state index contributed by atoms with van der Waals surface area (Å²) in [6, 6.07) is 0. The minimum Gasteiger partial charge on any atom is -0.377 e. The van der Waals surface area contributed by atoms with E-state index in [0.29, 0.717) is 270 Å². The second-order valence-electron chi connectivity index (χ2n) is 17.5. The third-order valence-corrected chi connectivity index (χ3v) is 12.2. The summed E-state index contributed by atoms with van der Waals surface area (Å²) in [5.41, 5.74) is -0.295. The minimum atomic E-state index is -0.295. The average molecular weight is 1050 g/mol. The van der Waals surface area contributed by atoms with E-state index in [-0.39, 0.29) is 5.60 Å². The molecule has 2 aliphatic carbocycles. The molecular formula is C52H100O20. The molecule has 0 radical (unpaired) electrons. The van der Waals surface area contributed by atoms with Crippen molar-refractivity contribution >= 4 is 0 Å². The zero-order valence-corrected chi connectivity index (χ0v) is 44.5. The van der Waals surface area contributed by atoms with Crippen molar-refractivity contribution in [3.8, 4) is 0 Å². The van der Waals surface area contributed by atoms with Crippen LogP contribution < -0.4 is 0 Å². The fourth-order valence-corrected chi connectivity index (χ4v) is 8.51. The summed E-state index contributed by atoms with van der Waals surface area (Å²) in [5.74, 6) is 0.992. The second-order valence-corrected chi connectivity index (χ2v) is 17.5. The molecule has 0 aromatic heterocycles. The van der Waals surface area contributed by atoms with Crippen LogP contribution in [0.25, 0.3) is 0 Å². The fourth-order valence-electron chi connectivity index (χ4n) is 8.51. The van der Waals surface area contributed by atoms with Gasteiger partial charge in [-0.2, -0.15) is 0 Å². The van der Waals surface area contributed by atoms with Gasteiger partial charge in [0.25, 0.3) is 0 Å². The summed E-state index contributed by atoms with van der Waals surface area (Å²) in [6.07, 6.45) is 12.4. The second kappa shape index (κ2) is 52.3. The third-order valence-electron chi connectivity index (χ3n) is 12.2. The molecule has 0 unspecified atom stereocenters. The average Bonchev–Trinajstić information content (AvgIpc) is 3.41. The number of hydrogen-bond acceptors (Lipinski definition) is 20. The molecule has 1 heterocycles. The molecule has 20 heteroatoms. The summed E-state index contributed by atoms with van der Waals surface area (Å²) in [4.78, 5) is 0. The Bertz CT molecular complexity index is 994. The van der Waals surface area contributed by atoms with Crippen molar-refractivity contribution in [2.24, 2.45) is 11.8 Å². The first-order valence-electron chi connectivity index (χ1n) is 27.5. The quantitative estimate of drug-likeness (QED) is 0.383. The third kappa shape index (κ3) is 38.7. The van der Waals surface area contributed by atoms with E-state index < -0.39 is 0 Å². The first-order valence-corrected chi connectivity index (χ1v) is 27.5. The lowest BCUT2D eigenvalue weighted by atomic mass is 9.66. The lowest BCUT2D eigenvalue weighted by molar-refractivity contribution is -0.186. The van der Waals surface area contributed by atoms with Gasteiger partial charge in [-0.15, -0.1) is 0 Å². The van der Waals surface area contributed by atoms with Crippen LogP contribution in [-0.4, -0.2) is 263 Å². The topological polar surface area (TPSA) is 185 Å². The molecule has 3 rings (SSSR count). The van der Waals surface area contributed by atoms with Crippen molar-refractivity contribution in [1.82, 2.24) is 0 Å². The number of rotatable bonds is 2. The Balaban J connectivity index is 1.25. The predicted octanol–water partition coefficient (Wildman–Crippen LogP) is 4.23. The molecule has 0 aromatic rings. The Morgan fingerprint density at radius 3 is 0.500 bits per heavy atom. The first kappa shape index (κ1) is 65.5. The van der Waals surface area contributed by atoms with Crippen LogP contribution in [0.1, 0.15) is 64.2 Å². The smallest absolute Gasteiger partial charge is 0.0971 e. The van der Waals surface area contributed by atoms with Crippen LogP contribution in [-0.2, 0) is 94.7 Å². The van der Waals surface area contributed by atoms with E-state index in [1.54, 1.807) is 0 Å². The van der Waals surface area contributed by atoms with Gasteiger partial charge in [-0.05, 0) is 37.5 Å². The lowest BCUT2D eigenvalue weighted by Crippen LogP contribution is -2.53. The molecule has 0 atom stereocenters. The van der Waals surface area contributed by atoms with E-state index in [0.717, 1.165) is 0 Å². The molecular weight excluding hydrogens is 945 g/mol. The molecule has 2 saturated carbocycles. The van der Waals surface area contributed by atoms with Gasteiger partial charge < -0.3 is 94.7 Å². The Labute approximate surface area is 433 Å². The summed E-state index contributed by atoms with van der Waals surface area (Å²) in [6.45, 7) is 19.7. The highest BCUT2D eigenvalue weighted by Crippen LogP contribution is 2.45. The molecule has 0 amide bonds. The molecule has 3 fully saturated rings. The Morgan fingerprint density at radius 2 is 0.319 bits per heavy atom. The maximum Gasteiger partial charge on any atom is 0.0971 e. The van der Waals surface area contributed by atoms with Gasteiger partial charge in [-0.1, -0.05) is 38.5 Å². The van der Waals surface area contributed by atoms with Gasteiger partial charge in [-0.25, -0.2) is 0 Å². The zero-order chi connectivity index (χ0) is 50.4. The van der Waals surface area contributed by atoms with Crippen LogP contribution in [0.3, 0.4) is 0 Å². The van der Waals surface area contributed by atoms with E-state index in [1.165, 1.54) is 64.2 Å². The van der Waals surface area contributed by atoms with Crippen molar-refractivity contribution in [2.45, 2.75) is 69.8 Å². The van der Waals surface area contributed by atoms with Crippen molar-refractivity contribution in [2.75, 3.05) is 258 Å². The maximum atomic E-state index is 6.98. The monoisotopic (exact) mass is 1040 g/mol. The van der Waals surface area contributed by atoms with E-state index in [2.05, 4.69) is 0 Å². The summed E-state index contributed by atoms with van der Waals surface area (Å²) < 4.78 is 115. The highest BCUT2D eigenvalue weighted by molar-refractivity contribution is 4.97. The van der Waals surface area contributed by atoms with Crippen LogP contribution in [0.4, 0.5) is 0 Å². The molecule has 72 heavy (non-hydrogen) atoms. The largest absolute Gasteiger partial charge is 0.377 e. The van der Waals surface area contributed by atoms with Crippen molar-refractivity contribution < 1.29 is 94.7 Å². The van der Waals surface area contributed by atoms with Gasteiger partial charge in [0.1, 0.15) is 0 Å². The molecule has 3 aliphatic rings. The van der Waals surface area contributed by atoms with Gasteiger partial charge in [0.15, 0.2) is 0 Å². The zero-order valence-electron chi connectivity index (χ0n) is 44.5. The SMILES string of the molecule is C1CCC(C2(C3CCCCC3)COCCOCCOCCOCCOCCOCCOCCOCCOCCOCCOCCOCCOCCOCCOCCOCCOCCOCCOCCO2)CC1. The normalized spacial score (nSPS) is 25.8. The molecule has 1 saturated heterocycles. The summed E-state index contributed by atoms with van der Waals surface area (Å²) >= 11 is 0. The van der Waals surface area contributed by atoms with Gasteiger partial charge in [0.2, 0.25) is 0 Å². The van der Waals surface area contributed by atoms with E-state index in [9.17, 15) is 0 Å². The van der Waals surface area contributed by atoms with Crippen LogP contribution in [0.5, 0.6) is 0 Å². The highest BCUT2D eigenvalue weighted by atomic mass is 16.6. The minimum absolute atomic E-state index is 0.295. The Hall–Kier alpha value is -0.800. The molecule has 0 aromatic carbocycles. The molecule has 0 spiro atoms. The summed E-state index contributed by atoms with van der Waals surface area (Å²) in [5, 5.41) is 0. The molecule has 428 valence electrons. The van der Waals surface area contributed by atoms with E-state index in [1.807, 2.05) is 0 Å². The van der Waals surface area contributed by atoms with Gasteiger partial charge >= 0.3 is 0 Å². The number of ether oxygens (including phenoxy) is 20. The highest BCUT2D eigenvalue weighted by Gasteiger charge is 2.47. The Kier molecular flexibility index (Phi) is 47.5. The van der Waals surface area contributed by atoms with Crippen LogP contribution in [0.2, 0.25) is 0 Å². The summed E-state index contributed by atoms with van der Waals surface area (Å²) in [7, 11) is 0. The van der Waals surface area contributed by atoms with E-state index in [4.69, 9.17) is 94.7 Å². The van der Waals surface area contributed by atoms with Gasteiger partial charge in [0, 0.05) is 0 Å². The number of hydrogen-bond donors (Lipinski definition) is 0. The fraction of sp³-hybridized carbons (Fsp3) is 1.00. The van der Waals surface area contributed by atoms with Gasteiger partial charge in [0.05, 0.1) is 263 Å². The van der Waals surface area contributed by atoms with Crippen molar-refractivity contribution in [3.63, 3.8) is 0 Å². The Morgan fingerprint density at radius 1 is 0.167 bits per heavy atom. The van der Waals surface area contributed by atoms with Crippen molar-refractivity contribution in [1.29, 1.82) is 0 Å². The molecule has 1 aliphatic heterocycles. The van der Waals surface area contributed by atoms with Crippen LogP contribution >= 0.6 is 0 Å². The first-order chi connectivity index (χ1) is 35.9. The molecule has 20 nitrogen and oxygen atoms in total. The van der Waals surface area contributed by atoms with Crippen LogP contribution in [0.15, 0.2) is 0 Å². The molecule has 0 N–H and O–H groups in total. The molecule has 0 bridgehead atoms. The maximum absolute atomic E-state index is 6.98. The standard InChI is InChI=1S/C52H100O20/c1-3-7-50(8-4-1)52(51-9-5-2-6-10-51)49-71-46-45-69-42-41-67-38-37-65-34-33-63-30-29-61-26-25-59-22-21-57-18-17-55-14-13-53-11-12-54-15-16-56-19-20-58-23-24-60-27-28-62-31-32-64-35-36-66-39-40-68-43-44-70-47-48-72-52/h50-51H,1-49H2. The van der Waals surface area contributed by atoms with Gasteiger partial charge in [-0.3, -0.25) is 0 Å². The lowest BCUT2D eigenvalue weighted by Gasteiger charge is -2.48. The van der Waals surface area contributed by atoms with Crippen molar-refractivity contribution in [3.05, 3.63) is 0 Å². The van der Waals surface area contributed by atoms with Crippen LogP contribution in [0, 0.1) is 11.8 Å². The van der Waals surface area contributed by atoms with E-state index >= 15 is 0 Å².